The number of amides is 1. The van der Waals surface area contributed by atoms with E-state index in [-0.39, 0.29) is 18.3 Å². The van der Waals surface area contributed by atoms with Gasteiger partial charge in [-0.15, -0.1) is 24.2 Å². The number of hydrogen-bond donors (Lipinski definition) is 2. The highest BCUT2D eigenvalue weighted by Gasteiger charge is 2.18. The fourth-order valence-corrected chi connectivity index (χ4v) is 2.60. The minimum absolute atomic E-state index is 0. The van der Waals surface area contributed by atoms with Crippen molar-refractivity contribution >= 4 is 35.8 Å². The molecule has 4 nitrogen and oxygen atoms in total. The molecule has 3 N–H and O–H groups in total. The van der Waals surface area contributed by atoms with Crippen molar-refractivity contribution in [1.82, 2.24) is 4.90 Å². The van der Waals surface area contributed by atoms with Crippen LogP contribution in [0.25, 0.3) is 0 Å². The van der Waals surface area contributed by atoms with E-state index < -0.39 is 0 Å². The van der Waals surface area contributed by atoms with Gasteiger partial charge in [0, 0.05) is 29.7 Å². The smallest absolute Gasteiger partial charge is 0.238 e. The number of thioether (sulfide) groups is 1. The second-order valence-electron chi connectivity index (χ2n) is 4.89. The van der Waals surface area contributed by atoms with Crippen LogP contribution in [0.1, 0.15) is 12.8 Å². The van der Waals surface area contributed by atoms with Gasteiger partial charge in [-0.2, -0.15) is 0 Å². The van der Waals surface area contributed by atoms with Gasteiger partial charge in [-0.3, -0.25) is 9.69 Å². The molecule has 1 aliphatic rings. The van der Waals surface area contributed by atoms with Gasteiger partial charge in [0.2, 0.25) is 5.91 Å². The van der Waals surface area contributed by atoms with Crippen LogP contribution >= 0.6 is 24.2 Å². The Balaban J connectivity index is 0.00000200. The summed E-state index contributed by atoms with van der Waals surface area (Å²) in [5.41, 5.74) is 6.71. The van der Waals surface area contributed by atoms with E-state index in [4.69, 9.17) is 5.73 Å². The number of carbonyl (C=O) groups is 1. The fourth-order valence-electron chi connectivity index (χ4n) is 2.19. The molecule has 20 heavy (non-hydrogen) atoms. The quantitative estimate of drug-likeness (QED) is 0.836. The third-order valence-electron chi connectivity index (χ3n) is 3.37. The lowest BCUT2D eigenvalue weighted by Gasteiger charge is -2.29. The second-order valence-corrected chi connectivity index (χ2v) is 5.77. The lowest BCUT2D eigenvalue weighted by molar-refractivity contribution is -0.117. The predicted molar refractivity (Wildman–Crippen MR) is 87.8 cm³/mol. The van der Waals surface area contributed by atoms with E-state index in [1.807, 2.05) is 30.5 Å². The molecular formula is C14H22ClN3OS. The van der Waals surface area contributed by atoms with Crippen LogP contribution in [0.3, 0.4) is 0 Å². The Kier molecular flexibility index (Phi) is 7.37. The van der Waals surface area contributed by atoms with E-state index in [9.17, 15) is 4.79 Å². The van der Waals surface area contributed by atoms with Crippen molar-refractivity contribution in [2.45, 2.75) is 23.8 Å². The highest BCUT2D eigenvalue weighted by molar-refractivity contribution is 7.98. The highest BCUT2D eigenvalue weighted by atomic mass is 35.5. The molecule has 112 valence electrons. The van der Waals surface area contributed by atoms with Crippen LogP contribution in [0, 0.1) is 0 Å². The number of likely N-dealkylation sites (tertiary alicyclic amines) is 1. The molecule has 1 heterocycles. The number of nitrogens with zero attached hydrogens (tertiary/aromatic N) is 1. The van der Waals surface area contributed by atoms with Gasteiger partial charge in [0.25, 0.3) is 0 Å². The number of halogens is 1. The number of nitrogens with one attached hydrogen (secondary N) is 1. The first-order valence-corrected chi connectivity index (χ1v) is 7.81. The van der Waals surface area contributed by atoms with Crippen LogP contribution in [0.15, 0.2) is 29.2 Å². The zero-order valence-electron chi connectivity index (χ0n) is 11.7. The van der Waals surface area contributed by atoms with Gasteiger partial charge in [-0.05, 0) is 43.4 Å². The second kappa shape index (κ2) is 8.52. The molecule has 0 radical (unpaired) electrons. The molecule has 0 atom stereocenters. The van der Waals surface area contributed by atoms with Crippen LogP contribution in [0.2, 0.25) is 0 Å². The standard InChI is InChI=1S/C14H21N3OS.ClH/c1-19-13-4-2-12(3-5-13)16-14(18)10-17-8-6-11(15)7-9-17;/h2-5,11H,6-10,15H2,1H3,(H,16,18);1H. The van der Waals surface area contributed by atoms with E-state index >= 15 is 0 Å². The molecule has 6 heteroatoms. The number of hydrogen-bond acceptors (Lipinski definition) is 4. The Labute approximate surface area is 130 Å². The fraction of sp³-hybridized carbons (Fsp3) is 0.500. The summed E-state index contributed by atoms with van der Waals surface area (Å²) in [5.74, 6) is 0.0485. The average Bonchev–Trinajstić information content (AvgIpc) is 2.42. The summed E-state index contributed by atoms with van der Waals surface area (Å²) in [5, 5.41) is 2.93. The van der Waals surface area contributed by atoms with E-state index in [1.165, 1.54) is 4.90 Å². The molecule has 1 amide bonds. The van der Waals surface area contributed by atoms with E-state index in [0.717, 1.165) is 31.6 Å². The molecule has 1 aromatic rings. The molecule has 1 fully saturated rings. The molecule has 0 aromatic heterocycles. The SMILES string of the molecule is CSc1ccc(NC(=O)CN2CCC(N)CC2)cc1.Cl. The third kappa shape index (κ3) is 5.32. The summed E-state index contributed by atoms with van der Waals surface area (Å²) >= 11 is 1.69. The third-order valence-corrected chi connectivity index (χ3v) is 4.12. The first-order chi connectivity index (χ1) is 9.17. The summed E-state index contributed by atoms with van der Waals surface area (Å²) in [7, 11) is 0. The monoisotopic (exact) mass is 315 g/mol. The lowest BCUT2D eigenvalue weighted by atomic mass is 10.1. The van der Waals surface area contributed by atoms with Gasteiger partial charge < -0.3 is 11.1 Å². The Hall–Kier alpha value is -0.750. The Morgan fingerprint density at radius 2 is 1.95 bits per heavy atom. The number of rotatable bonds is 4. The molecule has 0 unspecified atom stereocenters. The first kappa shape index (κ1) is 17.3. The van der Waals surface area contributed by atoms with Crippen molar-refractivity contribution in [2.75, 3.05) is 31.2 Å². The Bertz CT molecular complexity index is 419. The molecular weight excluding hydrogens is 294 g/mol. The summed E-state index contributed by atoms with van der Waals surface area (Å²) in [6.07, 6.45) is 4.00. The van der Waals surface area contributed by atoms with Crippen LogP contribution in [-0.4, -0.2) is 42.7 Å². The number of anilines is 1. The van der Waals surface area contributed by atoms with Gasteiger partial charge in [0.05, 0.1) is 6.54 Å². The predicted octanol–water partition coefficient (Wildman–Crippen LogP) is 2.19. The molecule has 1 aromatic carbocycles. The maximum Gasteiger partial charge on any atom is 0.238 e. The molecule has 1 aliphatic heterocycles. The number of piperidine rings is 1. The minimum Gasteiger partial charge on any atom is -0.328 e. The van der Waals surface area contributed by atoms with Crippen molar-refractivity contribution in [1.29, 1.82) is 0 Å². The summed E-state index contributed by atoms with van der Waals surface area (Å²) < 4.78 is 0. The number of nitrogens with two attached hydrogens (primary N) is 1. The van der Waals surface area contributed by atoms with Gasteiger partial charge in [-0.1, -0.05) is 0 Å². The van der Waals surface area contributed by atoms with Crippen LogP contribution in [-0.2, 0) is 4.79 Å². The van der Waals surface area contributed by atoms with Gasteiger partial charge in [0.1, 0.15) is 0 Å². The van der Waals surface area contributed by atoms with Crippen LogP contribution < -0.4 is 11.1 Å². The summed E-state index contributed by atoms with van der Waals surface area (Å²) in [6.45, 7) is 2.29. The zero-order valence-corrected chi connectivity index (χ0v) is 13.3. The normalized spacial score (nSPS) is 16.5. The van der Waals surface area contributed by atoms with Crippen molar-refractivity contribution in [2.24, 2.45) is 5.73 Å². The maximum absolute atomic E-state index is 11.9. The molecule has 0 aliphatic carbocycles. The number of carbonyl (C=O) groups excluding carboxylic acids is 1. The van der Waals surface area contributed by atoms with Gasteiger partial charge in [-0.25, -0.2) is 0 Å². The molecule has 0 spiro atoms. The van der Waals surface area contributed by atoms with E-state index in [1.54, 1.807) is 11.8 Å². The minimum atomic E-state index is 0. The summed E-state index contributed by atoms with van der Waals surface area (Å²) in [6, 6.07) is 8.21. The zero-order chi connectivity index (χ0) is 13.7. The van der Waals surface area contributed by atoms with E-state index in [2.05, 4.69) is 10.2 Å². The molecule has 1 saturated heterocycles. The van der Waals surface area contributed by atoms with Gasteiger partial charge in [0.15, 0.2) is 0 Å². The van der Waals surface area contributed by atoms with Crippen molar-refractivity contribution in [3.8, 4) is 0 Å². The van der Waals surface area contributed by atoms with Crippen LogP contribution in [0.5, 0.6) is 0 Å². The maximum atomic E-state index is 11.9. The Morgan fingerprint density at radius 3 is 2.50 bits per heavy atom. The molecule has 2 rings (SSSR count). The average molecular weight is 316 g/mol. The lowest BCUT2D eigenvalue weighted by Crippen LogP contribution is -2.43. The summed E-state index contributed by atoms with van der Waals surface area (Å²) in [4.78, 5) is 15.3. The van der Waals surface area contributed by atoms with E-state index in [0.29, 0.717) is 12.6 Å². The van der Waals surface area contributed by atoms with Crippen molar-refractivity contribution in [3.05, 3.63) is 24.3 Å². The van der Waals surface area contributed by atoms with Crippen LogP contribution in [0.4, 0.5) is 5.69 Å². The topological polar surface area (TPSA) is 58.4 Å². The molecule has 0 saturated carbocycles. The number of benzene rings is 1. The highest BCUT2D eigenvalue weighted by Crippen LogP contribution is 2.17. The van der Waals surface area contributed by atoms with Crippen molar-refractivity contribution in [3.63, 3.8) is 0 Å². The van der Waals surface area contributed by atoms with Gasteiger partial charge >= 0.3 is 0 Å². The Morgan fingerprint density at radius 1 is 1.35 bits per heavy atom. The van der Waals surface area contributed by atoms with Crippen molar-refractivity contribution < 1.29 is 4.79 Å². The first-order valence-electron chi connectivity index (χ1n) is 6.59. The largest absolute Gasteiger partial charge is 0.328 e. The molecule has 0 bridgehead atoms.